The van der Waals surface area contributed by atoms with Gasteiger partial charge in [-0.3, -0.25) is 9.89 Å². The lowest BCUT2D eigenvalue weighted by atomic mass is 10.2. The van der Waals surface area contributed by atoms with Gasteiger partial charge in [-0.2, -0.15) is 0 Å². The Morgan fingerprint density at radius 2 is 1.96 bits per heavy atom. The van der Waals surface area contributed by atoms with Crippen molar-refractivity contribution in [2.24, 2.45) is 0 Å². The number of H-pyrrole nitrogens is 1. The van der Waals surface area contributed by atoms with Gasteiger partial charge in [-0.1, -0.05) is 43.6 Å². The summed E-state index contributed by atoms with van der Waals surface area (Å²) in [4.78, 5) is 16.2. The maximum atomic E-state index is 13.7. The largest absolute Gasteiger partial charge is 0.507 e. The molecular formula is C16H11Br2FN4O2S. The van der Waals surface area contributed by atoms with Gasteiger partial charge in [0.05, 0.1) is 17.0 Å². The second-order valence-electron chi connectivity index (χ2n) is 5.09. The highest BCUT2D eigenvalue weighted by molar-refractivity contribution is 9.10. The molecule has 134 valence electrons. The molecule has 0 saturated heterocycles. The van der Waals surface area contributed by atoms with Crippen LogP contribution in [0, 0.1) is 5.82 Å². The number of nitrogens with one attached hydrogen (secondary N) is 2. The monoisotopic (exact) mass is 500 g/mol. The lowest BCUT2D eigenvalue weighted by molar-refractivity contribution is -0.113. The summed E-state index contributed by atoms with van der Waals surface area (Å²) in [6.45, 7) is 0. The first-order chi connectivity index (χ1) is 12.4. The molecule has 2 aromatic carbocycles. The van der Waals surface area contributed by atoms with Crippen molar-refractivity contribution in [3.8, 4) is 17.1 Å². The minimum atomic E-state index is -0.525. The highest BCUT2D eigenvalue weighted by Gasteiger charge is 2.13. The number of amides is 1. The zero-order chi connectivity index (χ0) is 18.7. The molecule has 26 heavy (non-hydrogen) atoms. The van der Waals surface area contributed by atoms with E-state index in [4.69, 9.17) is 0 Å². The topological polar surface area (TPSA) is 90.9 Å². The van der Waals surface area contributed by atoms with Crippen molar-refractivity contribution < 1.29 is 14.3 Å². The van der Waals surface area contributed by atoms with Crippen LogP contribution in [-0.2, 0) is 4.79 Å². The van der Waals surface area contributed by atoms with Crippen LogP contribution in [0.5, 0.6) is 5.75 Å². The van der Waals surface area contributed by atoms with Crippen LogP contribution in [0.15, 0.2) is 50.5 Å². The number of rotatable bonds is 5. The Bertz CT molecular complexity index is 967. The Hall–Kier alpha value is -1.91. The lowest BCUT2D eigenvalue weighted by Crippen LogP contribution is -2.15. The molecule has 0 spiro atoms. The molecule has 3 N–H and O–H groups in total. The maximum Gasteiger partial charge on any atom is 0.234 e. The number of hydrogen-bond donors (Lipinski definition) is 3. The van der Waals surface area contributed by atoms with Gasteiger partial charge in [0.2, 0.25) is 11.1 Å². The summed E-state index contributed by atoms with van der Waals surface area (Å²) in [5, 5.41) is 19.5. The summed E-state index contributed by atoms with van der Waals surface area (Å²) in [6.07, 6.45) is 0. The van der Waals surface area contributed by atoms with Gasteiger partial charge in [0.25, 0.3) is 0 Å². The molecule has 0 saturated carbocycles. The molecule has 0 radical (unpaired) electrons. The third-order valence-corrected chi connectivity index (χ3v) is 5.05. The number of aromatic amines is 1. The van der Waals surface area contributed by atoms with Crippen molar-refractivity contribution in [3.63, 3.8) is 0 Å². The number of phenols is 1. The van der Waals surface area contributed by atoms with Crippen LogP contribution in [0.2, 0.25) is 0 Å². The van der Waals surface area contributed by atoms with Crippen LogP contribution in [0.25, 0.3) is 11.4 Å². The van der Waals surface area contributed by atoms with Crippen molar-refractivity contribution in [2.45, 2.75) is 5.16 Å². The van der Waals surface area contributed by atoms with Gasteiger partial charge in [-0.15, -0.1) is 5.10 Å². The maximum absolute atomic E-state index is 13.7. The molecule has 6 nitrogen and oxygen atoms in total. The van der Waals surface area contributed by atoms with Crippen LogP contribution >= 0.6 is 43.6 Å². The zero-order valence-corrected chi connectivity index (χ0v) is 17.0. The number of carbonyl (C=O) groups excluding carboxylic acids is 1. The summed E-state index contributed by atoms with van der Waals surface area (Å²) >= 11 is 7.58. The Balaban J connectivity index is 1.62. The normalized spacial score (nSPS) is 10.7. The van der Waals surface area contributed by atoms with Crippen molar-refractivity contribution in [1.82, 2.24) is 15.2 Å². The van der Waals surface area contributed by atoms with Crippen LogP contribution in [0.1, 0.15) is 0 Å². The number of hydrogen-bond acceptors (Lipinski definition) is 5. The zero-order valence-electron chi connectivity index (χ0n) is 13.0. The smallest absolute Gasteiger partial charge is 0.234 e. The van der Waals surface area contributed by atoms with Gasteiger partial charge >= 0.3 is 0 Å². The van der Waals surface area contributed by atoms with E-state index in [0.717, 1.165) is 16.2 Å². The van der Waals surface area contributed by atoms with Crippen LogP contribution < -0.4 is 5.32 Å². The molecule has 0 aliphatic carbocycles. The van der Waals surface area contributed by atoms with Crippen LogP contribution in [-0.4, -0.2) is 31.9 Å². The molecular weight excluding hydrogens is 491 g/mol. The highest BCUT2D eigenvalue weighted by Crippen LogP contribution is 2.30. The molecule has 1 aromatic heterocycles. The first kappa shape index (κ1) is 18.9. The number of benzene rings is 2. The summed E-state index contributed by atoms with van der Waals surface area (Å²) in [5.74, 6) is -0.456. The van der Waals surface area contributed by atoms with E-state index in [9.17, 15) is 14.3 Å². The predicted molar refractivity (Wildman–Crippen MR) is 105 cm³/mol. The minimum Gasteiger partial charge on any atom is -0.507 e. The number of nitrogens with zero attached hydrogens (tertiary/aromatic N) is 2. The Kier molecular flexibility index (Phi) is 5.94. The van der Waals surface area contributed by atoms with Crippen molar-refractivity contribution in [3.05, 3.63) is 51.2 Å². The fourth-order valence-electron chi connectivity index (χ4n) is 2.04. The van der Waals surface area contributed by atoms with E-state index in [2.05, 4.69) is 52.4 Å². The van der Waals surface area contributed by atoms with Gasteiger partial charge in [0, 0.05) is 8.95 Å². The van der Waals surface area contributed by atoms with Crippen molar-refractivity contribution in [1.29, 1.82) is 0 Å². The summed E-state index contributed by atoms with van der Waals surface area (Å²) in [6, 6.07) is 9.33. The summed E-state index contributed by atoms with van der Waals surface area (Å²) < 4.78 is 15.1. The third kappa shape index (κ3) is 4.63. The van der Waals surface area contributed by atoms with Crippen molar-refractivity contribution in [2.75, 3.05) is 11.1 Å². The standard InChI is InChI=1S/C16H11Br2FN4O2S/c17-8-2-4-13(24)10(5-8)15-21-16(23-22-15)26-7-14(25)20-12-3-1-9(18)6-11(12)19/h1-6,24H,7H2,(H,20,25)(H,21,22,23). The van der Waals surface area contributed by atoms with Gasteiger partial charge in [0.1, 0.15) is 11.6 Å². The molecule has 0 atom stereocenters. The molecule has 3 aromatic rings. The number of anilines is 1. The molecule has 0 fully saturated rings. The minimum absolute atomic E-state index is 0.0112. The fourth-order valence-corrected chi connectivity index (χ4v) is 3.33. The van der Waals surface area contributed by atoms with E-state index >= 15 is 0 Å². The third-order valence-electron chi connectivity index (χ3n) is 3.22. The highest BCUT2D eigenvalue weighted by atomic mass is 79.9. The summed E-state index contributed by atoms with van der Waals surface area (Å²) in [5.41, 5.74) is 0.591. The predicted octanol–water partition coefficient (Wildman–Crippen LogP) is 4.57. The van der Waals surface area contributed by atoms with Gasteiger partial charge in [0.15, 0.2) is 5.82 Å². The van der Waals surface area contributed by atoms with Crippen molar-refractivity contribution >= 4 is 55.2 Å². The number of thioether (sulfide) groups is 1. The molecule has 0 aliphatic heterocycles. The molecule has 10 heteroatoms. The quantitative estimate of drug-likeness (QED) is 0.445. The number of halogens is 3. The van der Waals surface area contributed by atoms with E-state index in [0.29, 0.717) is 21.0 Å². The average molecular weight is 502 g/mol. The van der Waals surface area contributed by atoms with Gasteiger partial charge in [-0.05, 0) is 36.4 Å². The van der Waals surface area contributed by atoms with E-state index in [1.165, 1.54) is 18.2 Å². The molecule has 0 unspecified atom stereocenters. The molecule has 3 rings (SSSR count). The van der Waals surface area contributed by atoms with E-state index in [1.807, 2.05) is 0 Å². The number of aromatic hydroxyl groups is 1. The molecule has 0 bridgehead atoms. The molecule has 0 aliphatic rings. The summed E-state index contributed by atoms with van der Waals surface area (Å²) in [7, 11) is 0. The number of aromatic nitrogens is 3. The second kappa shape index (κ2) is 8.19. The lowest BCUT2D eigenvalue weighted by Gasteiger charge is -2.05. The Morgan fingerprint density at radius 1 is 1.23 bits per heavy atom. The number of phenolic OH excluding ortho intramolecular Hbond substituents is 1. The Morgan fingerprint density at radius 3 is 2.73 bits per heavy atom. The van der Waals surface area contributed by atoms with Crippen LogP contribution in [0.3, 0.4) is 0 Å². The first-order valence-electron chi connectivity index (χ1n) is 7.21. The van der Waals surface area contributed by atoms with E-state index in [1.54, 1.807) is 18.2 Å². The van der Waals surface area contributed by atoms with E-state index < -0.39 is 5.82 Å². The molecule has 1 heterocycles. The SMILES string of the molecule is O=C(CSc1n[nH]c(-c2cc(Br)ccc2O)n1)Nc1ccc(Br)cc1F. The van der Waals surface area contributed by atoms with Crippen LogP contribution in [0.4, 0.5) is 10.1 Å². The average Bonchev–Trinajstić information content (AvgIpc) is 3.06. The second-order valence-corrected chi connectivity index (χ2v) is 7.86. The van der Waals surface area contributed by atoms with Gasteiger partial charge < -0.3 is 10.4 Å². The molecule has 1 amide bonds. The van der Waals surface area contributed by atoms with Gasteiger partial charge in [-0.25, -0.2) is 9.37 Å². The fraction of sp³-hybridized carbons (Fsp3) is 0.0625. The Labute approximate surface area is 168 Å². The number of carbonyl (C=O) groups is 1. The van der Waals surface area contributed by atoms with E-state index in [-0.39, 0.29) is 23.1 Å². The first-order valence-corrected chi connectivity index (χ1v) is 9.78.